The first-order chi connectivity index (χ1) is 6.26. The van der Waals surface area contributed by atoms with Gasteiger partial charge in [-0.1, -0.05) is 13.8 Å². The summed E-state index contributed by atoms with van der Waals surface area (Å²) in [4.78, 5) is 2.87. The molecule has 13 heavy (non-hydrogen) atoms. The Morgan fingerprint density at radius 3 is 2.69 bits per heavy atom. The van der Waals surface area contributed by atoms with Crippen LogP contribution in [0.2, 0.25) is 0 Å². The standard InChI is InChI=1S/C10H16OS2/c1-3-9-4-5-10(13-9)7-12-8(2)6-11/h4-5,8,11H,3,6-7H2,1-2H3. The monoisotopic (exact) mass is 216 g/mol. The molecule has 1 nitrogen and oxygen atoms in total. The van der Waals surface area contributed by atoms with E-state index in [-0.39, 0.29) is 6.61 Å². The molecule has 0 saturated carbocycles. The van der Waals surface area contributed by atoms with Gasteiger partial charge in [0.1, 0.15) is 0 Å². The average molecular weight is 216 g/mol. The van der Waals surface area contributed by atoms with E-state index in [2.05, 4.69) is 26.0 Å². The average Bonchev–Trinajstić information content (AvgIpc) is 2.61. The molecule has 0 aromatic carbocycles. The van der Waals surface area contributed by atoms with E-state index in [1.165, 1.54) is 9.75 Å². The minimum absolute atomic E-state index is 0.274. The highest BCUT2D eigenvalue weighted by Gasteiger charge is 2.03. The highest BCUT2D eigenvalue weighted by molar-refractivity contribution is 7.99. The van der Waals surface area contributed by atoms with Crippen LogP contribution >= 0.6 is 23.1 Å². The second-order valence-electron chi connectivity index (χ2n) is 3.03. The summed E-state index contributed by atoms with van der Waals surface area (Å²) in [6, 6.07) is 4.39. The molecule has 0 aliphatic carbocycles. The molecule has 0 amide bonds. The molecule has 74 valence electrons. The summed E-state index contributed by atoms with van der Waals surface area (Å²) in [6.07, 6.45) is 1.13. The van der Waals surface area contributed by atoms with Crippen LogP contribution in [-0.4, -0.2) is 17.0 Å². The second kappa shape index (κ2) is 5.68. The number of hydrogen-bond donors (Lipinski definition) is 1. The molecule has 0 radical (unpaired) electrons. The van der Waals surface area contributed by atoms with Crippen LogP contribution in [-0.2, 0) is 12.2 Å². The summed E-state index contributed by atoms with van der Waals surface area (Å²) in [7, 11) is 0. The van der Waals surface area contributed by atoms with Gasteiger partial charge in [-0.15, -0.1) is 11.3 Å². The van der Waals surface area contributed by atoms with Gasteiger partial charge in [-0.3, -0.25) is 0 Å². The predicted octanol–water partition coefficient (Wildman–Crippen LogP) is 2.92. The lowest BCUT2D eigenvalue weighted by molar-refractivity contribution is 0.300. The van der Waals surface area contributed by atoms with Gasteiger partial charge in [0, 0.05) is 20.8 Å². The molecule has 0 aliphatic heterocycles. The van der Waals surface area contributed by atoms with Crippen molar-refractivity contribution in [1.82, 2.24) is 0 Å². The van der Waals surface area contributed by atoms with Crippen LogP contribution in [0.1, 0.15) is 23.6 Å². The third-order valence-electron chi connectivity index (χ3n) is 1.83. The van der Waals surface area contributed by atoms with Gasteiger partial charge in [-0.05, 0) is 18.6 Å². The zero-order valence-corrected chi connectivity index (χ0v) is 9.75. The Labute approximate surface area is 88.2 Å². The Bertz CT molecular complexity index is 245. The van der Waals surface area contributed by atoms with E-state index in [0.717, 1.165) is 12.2 Å². The lowest BCUT2D eigenvalue weighted by Gasteiger charge is -2.04. The van der Waals surface area contributed by atoms with Gasteiger partial charge in [0.15, 0.2) is 0 Å². The lowest BCUT2D eigenvalue weighted by Crippen LogP contribution is -2.01. The van der Waals surface area contributed by atoms with E-state index < -0.39 is 0 Å². The number of aryl methyl sites for hydroxylation is 1. The maximum Gasteiger partial charge on any atom is 0.0547 e. The molecule has 0 bridgehead atoms. The zero-order valence-electron chi connectivity index (χ0n) is 8.12. The van der Waals surface area contributed by atoms with E-state index in [9.17, 15) is 0 Å². The Morgan fingerprint density at radius 2 is 2.15 bits per heavy atom. The van der Waals surface area contributed by atoms with Crippen molar-refractivity contribution >= 4 is 23.1 Å². The minimum Gasteiger partial charge on any atom is -0.395 e. The van der Waals surface area contributed by atoms with Gasteiger partial charge in [-0.25, -0.2) is 0 Å². The molecule has 3 heteroatoms. The summed E-state index contributed by atoms with van der Waals surface area (Å²) in [6.45, 7) is 4.51. The first kappa shape index (κ1) is 11.1. The number of thioether (sulfide) groups is 1. The maximum absolute atomic E-state index is 8.85. The van der Waals surface area contributed by atoms with Crippen LogP contribution < -0.4 is 0 Å². The number of aliphatic hydroxyl groups excluding tert-OH is 1. The molecule has 1 rings (SSSR count). The van der Waals surface area contributed by atoms with Crippen LogP contribution in [0.15, 0.2) is 12.1 Å². The van der Waals surface area contributed by atoms with Gasteiger partial charge in [0.05, 0.1) is 6.61 Å². The Morgan fingerprint density at radius 1 is 1.46 bits per heavy atom. The highest BCUT2D eigenvalue weighted by Crippen LogP contribution is 2.24. The summed E-state index contributed by atoms with van der Waals surface area (Å²) < 4.78 is 0. The summed E-state index contributed by atoms with van der Waals surface area (Å²) >= 11 is 3.70. The summed E-state index contributed by atoms with van der Waals surface area (Å²) in [5.41, 5.74) is 0. The number of rotatable bonds is 5. The van der Waals surface area contributed by atoms with E-state index in [1.807, 2.05) is 23.1 Å². The van der Waals surface area contributed by atoms with Crippen molar-refractivity contribution in [2.24, 2.45) is 0 Å². The van der Waals surface area contributed by atoms with Gasteiger partial charge in [-0.2, -0.15) is 11.8 Å². The molecule has 1 atom stereocenters. The highest BCUT2D eigenvalue weighted by atomic mass is 32.2. The van der Waals surface area contributed by atoms with Crippen LogP contribution in [0, 0.1) is 0 Å². The normalized spacial score (nSPS) is 13.2. The fraction of sp³-hybridized carbons (Fsp3) is 0.600. The first-order valence-electron chi connectivity index (χ1n) is 4.56. The lowest BCUT2D eigenvalue weighted by atomic mass is 10.4. The topological polar surface area (TPSA) is 20.2 Å². The Kier molecular flexibility index (Phi) is 4.84. The molecule has 0 aliphatic rings. The molecule has 1 aromatic heterocycles. The third-order valence-corrected chi connectivity index (χ3v) is 4.44. The van der Waals surface area contributed by atoms with Crippen molar-refractivity contribution in [3.8, 4) is 0 Å². The smallest absolute Gasteiger partial charge is 0.0547 e. The Hall–Kier alpha value is 0.01000. The van der Waals surface area contributed by atoms with E-state index >= 15 is 0 Å². The summed E-state index contributed by atoms with van der Waals surface area (Å²) in [5.74, 6) is 1.03. The van der Waals surface area contributed by atoms with Crippen LogP contribution in [0.5, 0.6) is 0 Å². The van der Waals surface area contributed by atoms with E-state index in [4.69, 9.17) is 5.11 Å². The molecule has 0 saturated heterocycles. The van der Waals surface area contributed by atoms with Crippen molar-refractivity contribution in [1.29, 1.82) is 0 Å². The van der Waals surface area contributed by atoms with Gasteiger partial charge >= 0.3 is 0 Å². The van der Waals surface area contributed by atoms with Gasteiger partial charge in [0.2, 0.25) is 0 Å². The van der Waals surface area contributed by atoms with Crippen molar-refractivity contribution < 1.29 is 5.11 Å². The molecule has 1 N–H and O–H groups in total. The second-order valence-corrected chi connectivity index (χ2v) is 5.71. The van der Waals surface area contributed by atoms with Crippen LogP contribution in [0.4, 0.5) is 0 Å². The number of aliphatic hydroxyl groups is 1. The summed E-state index contributed by atoms with van der Waals surface area (Å²) in [5, 5.41) is 9.20. The van der Waals surface area contributed by atoms with Crippen LogP contribution in [0.25, 0.3) is 0 Å². The number of hydrogen-bond acceptors (Lipinski definition) is 3. The quantitative estimate of drug-likeness (QED) is 0.816. The molecule has 1 aromatic rings. The van der Waals surface area contributed by atoms with Crippen molar-refractivity contribution in [3.63, 3.8) is 0 Å². The maximum atomic E-state index is 8.85. The molecular weight excluding hydrogens is 200 g/mol. The van der Waals surface area contributed by atoms with Crippen molar-refractivity contribution in [2.45, 2.75) is 31.3 Å². The molecular formula is C10H16OS2. The molecule has 1 unspecified atom stereocenters. The largest absolute Gasteiger partial charge is 0.395 e. The first-order valence-corrected chi connectivity index (χ1v) is 6.42. The van der Waals surface area contributed by atoms with Crippen molar-refractivity contribution in [3.05, 3.63) is 21.9 Å². The van der Waals surface area contributed by atoms with Crippen LogP contribution in [0.3, 0.4) is 0 Å². The number of thiophene rings is 1. The fourth-order valence-electron chi connectivity index (χ4n) is 0.967. The third kappa shape index (κ3) is 3.71. The Balaban J connectivity index is 2.36. The van der Waals surface area contributed by atoms with Gasteiger partial charge < -0.3 is 5.11 Å². The van der Waals surface area contributed by atoms with Gasteiger partial charge in [0.25, 0.3) is 0 Å². The molecule has 1 heterocycles. The van der Waals surface area contributed by atoms with Crippen molar-refractivity contribution in [2.75, 3.05) is 6.61 Å². The minimum atomic E-state index is 0.274. The SMILES string of the molecule is CCc1ccc(CSC(C)CO)s1. The molecule has 0 spiro atoms. The fourth-order valence-corrected chi connectivity index (χ4v) is 2.81. The predicted molar refractivity (Wildman–Crippen MR) is 61.5 cm³/mol. The zero-order chi connectivity index (χ0) is 9.68. The molecule has 0 fully saturated rings. The van der Waals surface area contributed by atoms with E-state index in [1.54, 1.807) is 0 Å². The van der Waals surface area contributed by atoms with E-state index in [0.29, 0.717) is 5.25 Å².